The maximum Gasteiger partial charge on any atom is 0.221 e. The van der Waals surface area contributed by atoms with Crippen molar-refractivity contribution in [2.45, 2.75) is 13.8 Å². The lowest BCUT2D eigenvalue weighted by molar-refractivity contribution is -0.114. The van der Waals surface area contributed by atoms with Crippen LogP contribution >= 0.6 is 0 Å². The van der Waals surface area contributed by atoms with Gasteiger partial charge < -0.3 is 5.32 Å². The molecule has 3 heteroatoms. The van der Waals surface area contributed by atoms with Gasteiger partial charge in [0.15, 0.2) is 0 Å². The lowest BCUT2D eigenvalue weighted by Crippen LogP contribution is -2.05. The number of nitrogens with one attached hydrogen (secondary N) is 1. The van der Waals surface area contributed by atoms with Crippen LogP contribution in [0.2, 0.25) is 0 Å². The first-order valence-electron chi connectivity index (χ1n) is 6.13. The molecule has 1 N–H and O–H groups in total. The molecule has 0 aromatic heterocycles. The van der Waals surface area contributed by atoms with Crippen molar-refractivity contribution < 1.29 is 4.79 Å². The van der Waals surface area contributed by atoms with E-state index in [1.165, 1.54) is 6.92 Å². The average molecular weight is 252 g/mol. The van der Waals surface area contributed by atoms with Crippen molar-refractivity contribution >= 4 is 23.0 Å². The van der Waals surface area contributed by atoms with Crippen molar-refractivity contribution in [1.82, 2.24) is 0 Å². The molecule has 0 spiro atoms. The first-order chi connectivity index (χ1) is 9.15. The minimum atomic E-state index is -0.0725. The van der Waals surface area contributed by atoms with Gasteiger partial charge in [0.1, 0.15) is 0 Å². The number of hydrogen-bond acceptors (Lipinski definition) is 2. The van der Waals surface area contributed by atoms with Crippen LogP contribution in [0.4, 0.5) is 11.4 Å². The van der Waals surface area contributed by atoms with Crippen LogP contribution in [0, 0.1) is 0 Å². The number of anilines is 1. The smallest absolute Gasteiger partial charge is 0.221 e. The van der Waals surface area contributed by atoms with Crippen molar-refractivity contribution in [2.75, 3.05) is 5.32 Å². The summed E-state index contributed by atoms with van der Waals surface area (Å²) in [6.45, 7) is 3.47. The van der Waals surface area contributed by atoms with E-state index in [0.29, 0.717) is 0 Å². The molecule has 0 fully saturated rings. The van der Waals surface area contributed by atoms with Gasteiger partial charge in [-0.2, -0.15) is 0 Å². The van der Waals surface area contributed by atoms with Crippen LogP contribution < -0.4 is 5.32 Å². The summed E-state index contributed by atoms with van der Waals surface area (Å²) < 4.78 is 0. The van der Waals surface area contributed by atoms with Gasteiger partial charge >= 0.3 is 0 Å². The van der Waals surface area contributed by atoms with E-state index in [9.17, 15) is 4.79 Å². The Hall–Kier alpha value is -2.42. The number of benzene rings is 2. The zero-order valence-electron chi connectivity index (χ0n) is 11.1. The number of carbonyl (C=O) groups is 1. The van der Waals surface area contributed by atoms with Crippen LogP contribution in [-0.4, -0.2) is 11.6 Å². The second-order valence-electron chi connectivity index (χ2n) is 4.29. The highest BCUT2D eigenvalue weighted by molar-refractivity contribution is 6.00. The number of nitrogens with zero attached hydrogens (tertiary/aromatic N) is 1. The topological polar surface area (TPSA) is 41.5 Å². The maximum atomic E-state index is 10.9. The Morgan fingerprint density at radius 1 is 0.947 bits per heavy atom. The van der Waals surface area contributed by atoms with Crippen molar-refractivity contribution in [3.05, 3.63) is 60.2 Å². The summed E-state index contributed by atoms with van der Waals surface area (Å²) in [5, 5.41) is 2.73. The molecule has 2 aromatic rings. The van der Waals surface area contributed by atoms with E-state index < -0.39 is 0 Å². The number of rotatable bonds is 3. The zero-order valence-corrected chi connectivity index (χ0v) is 11.1. The first kappa shape index (κ1) is 13.0. The third-order valence-corrected chi connectivity index (χ3v) is 2.68. The highest BCUT2D eigenvalue weighted by Gasteiger charge is 1.98. The Bertz CT molecular complexity index is 586. The Morgan fingerprint density at radius 3 is 2.16 bits per heavy atom. The molecule has 0 aliphatic carbocycles. The molecule has 0 aliphatic heterocycles. The van der Waals surface area contributed by atoms with Crippen LogP contribution in [0.1, 0.15) is 19.4 Å². The molecule has 19 heavy (non-hydrogen) atoms. The fourth-order valence-electron chi connectivity index (χ4n) is 1.76. The Balaban J connectivity index is 2.17. The van der Waals surface area contributed by atoms with Gasteiger partial charge in [-0.25, -0.2) is 0 Å². The molecule has 0 saturated carbocycles. The molecule has 0 saturated heterocycles. The number of carbonyl (C=O) groups excluding carboxylic acids is 1. The predicted octanol–water partition coefficient (Wildman–Crippen LogP) is 3.79. The monoisotopic (exact) mass is 252 g/mol. The summed E-state index contributed by atoms with van der Waals surface area (Å²) in [7, 11) is 0. The lowest BCUT2D eigenvalue weighted by atomic mass is 10.1. The molecule has 2 rings (SSSR count). The van der Waals surface area contributed by atoms with Crippen molar-refractivity contribution in [3.63, 3.8) is 0 Å². The van der Waals surface area contributed by atoms with Crippen LogP contribution in [0.3, 0.4) is 0 Å². The third-order valence-electron chi connectivity index (χ3n) is 2.68. The summed E-state index contributed by atoms with van der Waals surface area (Å²) in [6.07, 6.45) is 0. The van der Waals surface area contributed by atoms with Gasteiger partial charge in [0.05, 0.1) is 5.69 Å². The summed E-state index contributed by atoms with van der Waals surface area (Å²) in [5.41, 5.74) is 3.72. The molecule has 0 radical (unpaired) electrons. The summed E-state index contributed by atoms with van der Waals surface area (Å²) in [5.74, 6) is -0.0725. The number of hydrogen-bond donors (Lipinski definition) is 1. The maximum absolute atomic E-state index is 10.9. The highest BCUT2D eigenvalue weighted by Crippen LogP contribution is 2.17. The lowest BCUT2D eigenvalue weighted by Gasteiger charge is -2.03. The highest BCUT2D eigenvalue weighted by atomic mass is 16.1. The van der Waals surface area contributed by atoms with Gasteiger partial charge in [0.2, 0.25) is 5.91 Å². The average Bonchev–Trinajstić information content (AvgIpc) is 2.41. The molecule has 0 aliphatic rings. The van der Waals surface area contributed by atoms with E-state index in [-0.39, 0.29) is 5.91 Å². The second-order valence-corrected chi connectivity index (χ2v) is 4.29. The van der Waals surface area contributed by atoms with E-state index in [0.717, 1.165) is 22.6 Å². The quantitative estimate of drug-likeness (QED) is 0.830. The molecule has 0 atom stereocenters. The van der Waals surface area contributed by atoms with Crippen molar-refractivity contribution in [2.24, 2.45) is 4.99 Å². The van der Waals surface area contributed by atoms with Crippen LogP contribution in [0.25, 0.3) is 0 Å². The first-order valence-corrected chi connectivity index (χ1v) is 6.13. The summed E-state index contributed by atoms with van der Waals surface area (Å²) in [6, 6.07) is 17.5. The largest absolute Gasteiger partial charge is 0.326 e. The molecule has 0 unspecified atom stereocenters. The molecule has 96 valence electrons. The Morgan fingerprint density at radius 2 is 1.58 bits per heavy atom. The molecular formula is C16H16N2O. The molecule has 0 bridgehead atoms. The number of aliphatic imine (C=N–C) groups is 1. The van der Waals surface area contributed by atoms with E-state index in [1.807, 2.05) is 61.5 Å². The van der Waals surface area contributed by atoms with Crippen LogP contribution in [0.15, 0.2) is 59.6 Å². The molecule has 2 aromatic carbocycles. The van der Waals surface area contributed by atoms with E-state index >= 15 is 0 Å². The van der Waals surface area contributed by atoms with E-state index in [1.54, 1.807) is 0 Å². The standard InChI is InChI=1S/C16H16N2O/c1-12(14-6-4-3-5-7-14)17-15-8-10-16(11-9-15)18-13(2)19/h3-11H,1-2H3,(H,18,19)/b17-12-. The molecular weight excluding hydrogens is 236 g/mol. The predicted molar refractivity (Wildman–Crippen MR) is 79.1 cm³/mol. The molecule has 1 amide bonds. The number of amides is 1. The summed E-state index contributed by atoms with van der Waals surface area (Å²) >= 11 is 0. The molecule has 3 nitrogen and oxygen atoms in total. The molecule has 0 heterocycles. The Labute approximate surface area is 113 Å². The van der Waals surface area contributed by atoms with Gasteiger partial charge in [-0.05, 0) is 36.8 Å². The van der Waals surface area contributed by atoms with Gasteiger partial charge in [0.25, 0.3) is 0 Å². The van der Waals surface area contributed by atoms with Gasteiger partial charge in [0, 0.05) is 18.3 Å². The van der Waals surface area contributed by atoms with Crippen molar-refractivity contribution in [3.8, 4) is 0 Å². The van der Waals surface area contributed by atoms with Crippen LogP contribution in [-0.2, 0) is 4.79 Å². The Kier molecular flexibility index (Phi) is 4.08. The van der Waals surface area contributed by atoms with E-state index in [4.69, 9.17) is 0 Å². The minimum absolute atomic E-state index is 0.0725. The van der Waals surface area contributed by atoms with E-state index in [2.05, 4.69) is 10.3 Å². The second kappa shape index (κ2) is 5.96. The fraction of sp³-hybridized carbons (Fsp3) is 0.125. The van der Waals surface area contributed by atoms with Gasteiger partial charge in [-0.15, -0.1) is 0 Å². The normalized spacial score (nSPS) is 11.2. The minimum Gasteiger partial charge on any atom is -0.326 e. The van der Waals surface area contributed by atoms with Crippen molar-refractivity contribution in [1.29, 1.82) is 0 Å². The van der Waals surface area contributed by atoms with Crippen LogP contribution in [0.5, 0.6) is 0 Å². The fourth-order valence-corrected chi connectivity index (χ4v) is 1.76. The summed E-state index contributed by atoms with van der Waals surface area (Å²) in [4.78, 5) is 15.5. The van der Waals surface area contributed by atoms with Gasteiger partial charge in [-0.1, -0.05) is 30.3 Å². The zero-order chi connectivity index (χ0) is 13.7. The van der Waals surface area contributed by atoms with Gasteiger partial charge in [-0.3, -0.25) is 9.79 Å². The SMILES string of the molecule is CC(=O)Nc1ccc(/N=C(/C)c2ccccc2)cc1. The third kappa shape index (κ3) is 3.78.